The summed E-state index contributed by atoms with van der Waals surface area (Å²) in [6.07, 6.45) is 5.29. The summed E-state index contributed by atoms with van der Waals surface area (Å²) in [6, 6.07) is 4.42. The van der Waals surface area contributed by atoms with E-state index < -0.39 is 5.91 Å². The number of halogens is 2. The molecular formula is C18H14Cl2N2O3. The Morgan fingerprint density at radius 3 is 2.16 bits per heavy atom. The molecule has 0 spiro atoms. The van der Waals surface area contributed by atoms with Crippen LogP contribution >= 0.6 is 23.2 Å². The summed E-state index contributed by atoms with van der Waals surface area (Å²) in [5, 5.41) is 1.49. The van der Waals surface area contributed by atoms with Crippen molar-refractivity contribution in [3.63, 3.8) is 0 Å². The summed E-state index contributed by atoms with van der Waals surface area (Å²) in [7, 11) is 0. The molecule has 3 fully saturated rings. The third-order valence-electron chi connectivity index (χ3n) is 6.06. The van der Waals surface area contributed by atoms with Gasteiger partial charge < -0.3 is 0 Å². The predicted octanol–water partition coefficient (Wildman–Crippen LogP) is 2.69. The first-order valence-electron chi connectivity index (χ1n) is 8.29. The Hall–Kier alpha value is -1.85. The first kappa shape index (κ1) is 15.4. The van der Waals surface area contributed by atoms with E-state index in [0.717, 1.165) is 11.4 Å². The van der Waals surface area contributed by atoms with E-state index in [9.17, 15) is 14.4 Å². The normalized spacial score (nSPS) is 37.1. The average molecular weight is 377 g/mol. The summed E-state index contributed by atoms with van der Waals surface area (Å²) in [4.78, 5) is 38.0. The number of hydrazine groups is 1. The molecule has 1 aromatic carbocycles. The zero-order valence-corrected chi connectivity index (χ0v) is 14.5. The first-order chi connectivity index (χ1) is 12.0. The van der Waals surface area contributed by atoms with Gasteiger partial charge in [-0.15, -0.1) is 0 Å². The molecular weight excluding hydrogens is 363 g/mol. The fourth-order valence-electron chi connectivity index (χ4n) is 4.87. The third kappa shape index (κ3) is 2.06. The number of nitrogens with one attached hydrogen (secondary N) is 1. The van der Waals surface area contributed by atoms with Crippen molar-refractivity contribution in [2.75, 3.05) is 0 Å². The highest BCUT2D eigenvalue weighted by Crippen LogP contribution is 2.65. The lowest BCUT2D eigenvalue weighted by molar-refractivity contribution is -0.143. The van der Waals surface area contributed by atoms with Crippen molar-refractivity contribution in [3.8, 4) is 0 Å². The predicted molar refractivity (Wildman–Crippen MR) is 90.5 cm³/mol. The van der Waals surface area contributed by atoms with E-state index in [0.29, 0.717) is 16.9 Å². The van der Waals surface area contributed by atoms with Crippen LogP contribution in [0.25, 0.3) is 0 Å². The molecule has 2 saturated carbocycles. The van der Waals surface area contributed by atoms with Crippen molar-refractivity contribution < 1.29 is 14.4 Å². The van der Waals surface area contributed by atoms with Crippen LogP contribution in [0.4, 0.5) is 0 Å². The van der Waals surface area contributed by atoms with Crippen molar-refractivity contribution in [2.24, 2.45) is 35.5 Å². The maximum Gasteiger partial charge on any atom is 0.270 e. The number of carbonyl (C=O) groups is 3. The van der Waals surface area contributed by atoms with E-state index >= 15 is 0 Å². The average Bonchev–Trinajstić information content (AvgIpc) is 3.38. The lowest BCUT2D eigenvalue weighted by atomic mass is 9.63. The second kappa shape index (κ2) is 5.08. The van der Waals surface area contributed by atoms with Gasteiger partial charge in [0.25, 0.3) is 17.7 Å². The molecule has 1 N–H and O–H groups in total. The van der Waals surface area contributed by atoms with Crippen LogP contribution in [-0.2, 0) is 9.59 Å². The van der Waals surface area contributed by atoms with E-state index in [1.54, 1.807) is 0 Å². The van der Waals surface area contributed by atoms with Crippen LogP contribution in [0.1, 0.15) is 16.8 Å². The standard InChI is InChI=1S/C18H14Cl2N2O3/c19-12-4-1-7(5-13(12)20)16(23)21-22-17(24)14-8-2-3-9(11-6-10(8)11)15(14)18(22)25/h1-5,8-11,14-15H,6H2,(H,21,23)/t8-,9+,10-,11+,14-,15+. The molecule has 6 atom stereocenters. The largest absolute Gasteiger partial charge is 0.272 e. The van der Waals surface area contributed by atoms with Gasteiger partial charge in [-0.3, -0.25) is 19.8 Å². The van der Waals surface area contributed by atoms with Crippen molar-refractivity contribution in [2.45, 2.75) is 6.42 Å². The van der Waals surface area contributed by atoms with Gasteiger partial charge in [-0.25, -0.2) is 0 Å². The van der Waals surface area contributed by atoms with Gasteiger partial charge in [-0.1, -0.05) is 35.4 Å². The number of imide groups is 1. The van der Waals surface area contributed by atoms with Crippen LogP contribution in [0.15, 0.2) is 30.4 Å². The van der Waals surface area contributed by atoms with Crippen molar-refractivity contribution >= 4 is 40.9 Å². The molecule has 1 heterocycles. The summed E-state index contributed by atoms with van der Waals surface area (Å²) in [5.74, 6) is -0.504. The molecule has 128 valence electrons. The molecule has 0 aromatic heterocycles. The van der Waals surface area contributed by atoms with Crippen LogP contribution < -0.4 is 5.43 Å². The zero-order chi connectivity index (χ0) is 17.5. The van der Waals surface area contributed by atoms with Crippen LogP contribution in [0, 0.1) is 35.5 Å². The summed E-state index contributed by atoms with van der Waals surface area (Å²) in [5.41, 5.74) is 2.71. The molecule has 1 aromatic rings. The quantitative estimate of drug-likeness (QED) is 0.637. The number of rotatable bonds is 2. The van der Waals surface area contributed by atoms with Crippen molar-refractivity contribution in [1.82, 2.24) is 10.4 Å². The Morgan fingerprint density at radius 1 is 1.00 bits per heavy atom. The molecule has 0 radical (unpaired) electrons. The summed E-state index contributed by atoms with van der Waals surface area (Å²) >= 11 is 11.8. The van der Waals surface area contributed by atoms with E-state index in [4.69, 9.17) is 23.2 Å². The Balaban J connectivity index is 1.40. The van der Waals surface area contributed by atoms with Crippen LogP contribution in [0.3, 0.4) is 0 Å². The Labute approximate surface area is 153 Å². The van der Waals surface area contributed by atoms with Crippen molar-refractivity contribution in [3.05, 3.63) is 46.0 Å². The second-order valence-electron chi connectivity index (χ2n) is 7.24. The Bertz CT molecular complexity index is 832. The SMILES string of the molecule is O=C(NN1C(=O)[C@@H]2[C@@H]3C=C[C@@H]([C@@H]4C[C@H]34)[C@@H]2C1=O)c1ccc(Cl)c(Cl)c1. The molecule has 1 saturated heterocycles. The molecule has 1 aliphatic heterocycles. The fraction of sp³-hybridized carbons (Fsp3) is 0.389. The molecule has 5 nitrogen and oxygen atoms in total. The van der Waals surface area contributed by atoms with Crippen molar-refractivity contribution in [1.29, 1.82) is 0 Å². The number of nitrogens with zero attached hydrogens (tertiary/aromatic N) is 1. The number of hydrogen-bond donors (Lipinski definition) is 1. The summed E-state index contributed by atoms with van der Waals surface area (Å²) in [6.45, 7) is 0. The van der Waals surface area contributed by atoms with Crippen LogP contribution in [0.2, 0.25) is 10.0 Å². The first-order valence-corrected chi connectivity index (χ1v) is 9.05. The molecule has 4 aliphatic carbocycles. The highest BCUT2D eigenvalue weighted by atomic mass is 35.5. The highest BCUT2D eigenvalue weighted by Gasteiger charge is 2.67. The molecule has 25 heavy (non-hydrogen) atoms. The minimum absolute atomic E-state index is 0.128. The van der Waals surface area contributed by atoms with Gasteiger partial charge in [0.15, 0.2) is 0 Å². The number of carbonyl (C=O) groups excluding carboxylic acids is 3. The fourth-order valence-corrected chi connectivity index (χ4v) is 5.17. The number of allylic oxidation sites excluding steroid dienone is 2. The molecule has 7 heteroatoms. The molecule has 5 aliphatic rings. The molecule has 2 bridgehead atoms. The van der Waals surface area contributed by atoms with Crippen LogP contribution in [0.5, 0.6) is 0 Å². The minimum atomic E-state index is -0.552. The van der Waals surface area contributed by atoms with Gasteiger partial charge >= 0.3 is 0 Å². The van der Waals surface area contributed by atoms with Gasteiger partial charge in [-0.05, 0) is 48.3 Å². The van der Waals surface area contributed by atoms with Gasteiger partial charge in [0.2, 0.25) is 0 Å². The zero-order valence-electron chi connectivity index (χ0n) is 13.0. The van der Waals surface area contributed by atoms with Gasteiger partial charge in [0, 0.05) is 5.56 Å². The number of benzene rings is 1. The third-order valence-corrected chi connectivity index (χ3v) is 6.80. The van der Waals surface area contributed by atoms with Gasteiger partial charge in [0.05, 0.1) is 21.9 Å². The molecule has 6 rings (SSSR count). The minimum Gasteiger partial charge on any atom is -0.272 e. The van der Waals surface area contributed by atoms with E-state index in [2.05, 4.69) is 17.6 Å². The summed E-state index contributed by atoms with van der Waals surface area (Å²) < 4.78 is 0. The van der Waals surface area contributed by atoms with E-state index in [1.165, 1.54) is 18.2 Å². The number of amides is 3. The number of hydrogen-bond acceptors (Lipinski definition) is 3. The van der Waals surface area contributed by atoms with E-state index in [1.807, 2.05) is 0 Å². The van der Waals surface area contributed by atoms with Gasteiger partial charge in [-0.2, -0.15) is 5.01 Å². The van der Waals surface area contributed by atoms with Crippen LogP contribution in [-0.4, -0.2) is 22.7 Å². The second-order valence-corrected chi connectivity index (χ2v) is 8.05. The maximum absolute atomic E-state index is 12.8. The maximum atomic E-state index is 12.8. The molecule has 3 amide bonds. The molecule has 0 unspecified atom stereocenters. The van der Waals surface area contributed by atoms with E-state index in [-0.39, 0.29) is 46.1 Å². The lowest BCUT2D eigenvalue weighted by Crippen LogP contribution is -2.46. The smallest absolute Gasteiger partial charge is 0.270 e. The van der Waals surface area contributed by atoms with Gasteiger partial charge in [0.1, 0.15) is 0 Å². The lowest BCUT2D eigenvalue weighted by Gasteiger charge is -2.37. The Morgan fingerprint density at radius 2 is 1.60 bits per heavy atom. The Kier molecular flexibility index (Phi) is 3.13. The monoisotopic (exact) mass is 376 g/mol. The topological polar surface area (TPSA) is 66.5 Å². The highest BCUT2D eigenvalue weighted by molar-refractivity contribution is 6.42.